The molecule has 1 unspecified atom stereocenters. The summed E-state index contributed by atoms with van der Waals surface area (Å²) in [5, 5.41) is 12.7. The molecule has 0 spiro atoms. The number of aliphatic carboxylic acids is 1. The van der Waals surface area contributed by atoms with E-state index < -0.39 is 24.1 Å². The van der Waals surface area contributed by atoms with Gasteiger partial charge in [-0.1, -0.05) is 76.6 Å². The SMILES string of the molecule is Cc1c(-c2ccccc2)nc2ccc(Br)cc2c1C(=O)NCC(F)(C(=O)O)c1ccccc1. The minimum atomic E-state index is -2.77. The molecule has 4 aromatic rings. The molecular formula is C26H20BrFN2O3. The van der Waals surface area contributed by atoms with Gasteiger partial charge in [0.2, 0.25) is 5.67 Å². The van der Waals surface area contributed by atoms with E-state index in [0.717, 1.165) is 10.0 Å². The highest BCUT2D eigenvalue weighted by Crippen LogP contribution is 2.32. The number of nitrogens with zero attached hydrogens (tertiary/aromatic N) is 1. The third kappa shape index (κ3) is 4.36. The van der Waals surface area contributed by atoms with Crippen LogP contribution in [0.25, 0.3) is 22.2 Å². The lowest BCUT2D eigenvalue weighted by Crippen LogP contribution is -2.43. The molecule has 0 bridgehead atoms. The average Bonchev–Trinajstić information content (AvgIpc) is 2.83. The molecule has 0 fully saturated rings. The minimum Gasteiger partial charge on any atom is -0.479 e. The van der Waals surface area contributed by atoms with Gasteiger partial charge >= 0.3 is 5.97 Å². The number of halogens is 2. The second kappa shape index (κ2) is 9.11. The summed E-state index contributed by atoms with van der Waals surface area (Å²) in [7, 11) is 0. The summed E-state index contributed by atoms with van der Waals surface area (Å²) in [5.74, 6) is -2.24. The van der Waals surface area contributed by atoms with Gasteiger partial charge in [0.15, 0.2) is 0 Å². The Bertz CT molecular complexity index is 1350. The molecule has 0 aliphatic carbocycles. The van der Waals surface area contributed by atoms with Crippen molar-refractivity contribution in [1.82, 2.24) is 10.3 Å². The van der Waals surface area contributed by atoms with Crippen LogP contribution in [0.4, 0.5) is 4.39 Å². The Morgan fingerprint density at radius 3 is 2.30 bits per heavy atom. The molecule has 2 N–H and O–H groups in total. The Morgan fingerprint density at radius 2 is 1.67 bits per heavy atom. The Morgan fingerprint density at radius 1 is 1.03 bits per heavy atom. The number of nitrogens with one attached hydrogen (secondary N) is 1. The third-order valence-electron chi connectivity index (χ3n) is 5.53. The lowest BCUT2D eigenvalue weighted by molar-refractivity contribution is -0.151. The van der Waals surface area contributed by atoms with Crippen LogP contribution in [0.5, 0.6) is 0 Å². The second-order valence-electron chi connectivity index (χ2n) is 7.64. The smallest absolute Gasteiger partial charge is 0.348 e. The molecule has 1 atom stereocenters. The predicted molar refractivity (Wildman–Crippen MR) is 129 cm³/mol. The first-order valence-electron chi connectivity index (χ1n) is 10.2. The van der Waals surface area contributed by atoms with E-state index in [1.54, 1.807) is 37.3 Å². The van der Waals surface area contributed by atoms with Crippen molar-refractivity contribution in [2.75, 3.05) is 6.54 Å². The molecule has 1 amide bonds. The van der Waals surface area contributed by atoms with E-state index >= 15 is 4.39 Å². The van der Waals surface area contributed by atoms with Crippen molar-refractivity contribution in [3.05, 3.63) is 100 Å². The quantitative estimate of drug-likeness (QED) is 0.354. The van der Waals surface area contributed by atoms with Crippen LogP contribution in [0.15, 0.2) is 83.3 Å². The average molecular weight is 507 g/mol. The summed E-state index contributed by atoms with van der Waals surface area (Å²) in [6, 6.07) is 22.4. The van der Waals surface area contributed by atoms with E-state index in [1.165, 1.54) is 12.1 Å². The van der Waals surface area contributed by atoms with Gasteiger partial charge in [-0.2, -0.15) is 0 Å². The summed E-state index contributed by atoms with van der Waals surface area (Å²) in [6.45, 7) is 1.06. The molecule has 0 radical (unpaired) electrons. The summed E-state index contributed by atoms with van der Waals surface area (Å²) in [6.07, 6.45) is 0. The Kier molecular flexibility index (Phi) is 6.24. The number of fused-ring (bicyclic) bond motifs is 1. The molecular weight excluding hydrogens is 487 g/mol. The van der Waals surface area contributed by atoms with Crippen LogP contribution >= 0.6 is 15.9 Å². The third-order valence-corrected chi connectivity index (χ3v) is 6.02. The maximum absolute atomic E-state index is 15.5. The van der Waals surface area contributed by atoms with E-state index in [1.807, 2.05) is 36.4 Å². The zero-order valence-electron chi connectivity index (χ0n) is 17.7. The number of carbonyl (C=O) groups excluding carboxylic acids is 1. The van der Waals surface area contributed by atoms with Crippen molar-refractivity contribution in [2.24, 2.45) is 0 Å². The van der Waals surface area contributed by atoms with Crippen molar-refractivity contribution in [1.29, 1.82) is 0 Å². The van der Waals surface area contributed by atoms with Crippen LogP contribution in [0.2, 0.25) is 0 Å². The van der Waals surface area contributed by atoms with E-state index in [4.69, 9.17) is 4.98 Å². The lowest BCUT2D eigenvalue weighted by Gasteiger charge is -2.22. The Hall–Kier alpha value is -3.58. The number of carboxylic acid groups (broad SMARTS) is 1. The van der Waals surface area contributed by atoms with Gasteiger partial charge in [-0.05, 0) is 30.7 Å². The lowest BCUT2D eigenvalue weighted by atomic mass is 9.94. The van der Waals surface area contributed by atoms with E-state index in [2.05, 4.69) is 21.2 Å². The van der Waals surface area contributed by atoms with E-state index in [-0.39, 0.29) is 5.56 Å². The number of rotatable bonds is 6. The number of amides is 1. The normalized spacial score (nSPS) is 12.8. The highest BCUT2D eigenvalue weighted by Gasteiger charge is 2.41. The van der Waals surface area contributed by atoms with Crippen molar-refractivity contribution in [3.63, 3.8) is 0 Å². The number of carboxylic acids is 1. The van der Waals surface area contributed by atoms with Gasteiger partial charge in [0.1, 0.15) is 0 Å². The molecule has 1 aromatic heterocycles. The Balaban J connectivity index is 1.78. The van der Waals surface area contributed by atoms with Gasteiger partial charge in [0.25, 0.3) is 5.91 Å². The topological polar surface area (TPSA) is 79.3 Å². The number of benzene rings is 3. The molecule has 7 heteroatoms. The van der Waals surface area contributed by atoms with Gasteiger partial charge in [-0.15, -0.1) is 0 Å². The van der Waals surface area contributed by atoms with Gasteiger partial charge in [-0.3, -0.25) is 4.79 Å². The molecule has 0 aliphatic rings. The second-order valence-corrected chi connectivity index (χ2v) is 8.56. The summed E-state index contributed by atoms with van der Waals surface area (Å²) in [4.78, 5) is 29.9. The molecule has 1 heterocycles. The minimum absolute atomic E-state index is 0.0400. The molecule has 5 nitrogen and oxygen atoms in total. The zero-order chi connectivity index (χ0) is 23.6. The monoisotopic (exact) mass is 506 g/mol. The number of pyridine rings is 1. The fourth-order valence-electron chi connectivity index (χ4n) is 3.79. The van der Waals surface area contributed by atoms with Crippen LogP contribution in [0.1, 0.15) is 21.5 Å². The van der Waals surface area contributed by atoms with Crippen LogP contribution in [-0.2, 0) is 10.5 Å². The molecule has 0 saturated heterocycles. The number of aromatic nitrogens is 1. The largest absolute Gasteiger partial charge is 0.479 e. The maximum atomic E-state index is 15.5. The van der Waals surface area contributed by atoms with Crippen LogP contribution in [-0.4, -0.2) is 28.5 Å². The number of hydrogen-bond acceptors (Lipinski definition) is 3. The molecule has 0 saturated carbocycles. The molecule has 3 aromatic carbocycles. The fraction of sp³-hybridized carbons (Fsp3) is 0.115. The van der Waals surface area contributed by atoms with Crippen molar-refractivity contribution < 1.29 is 19.1 Å². The van der Waals surface area contributed by atoms with Gasteiger partial charge in [-0.25, -0.2) is 14.2 Å². The number of carbonyl (C=O) groups is 2. The first-order chi connectivity index (χ1) is 15.8. The highest BCUT2D eigenvalue weighted by molar-refractivity contribution is 9.10. The molecule has 33 heavy (non-hydrogen) atoms. The number of hydrogen-bond donors (Lipinski definition) is 2. The van der Waals surface area contributed by atoms with Crippen LogP contribution in [0.3, 0.4) is 0 Å². The maximum Gasteiger partial charge on any atom is 0.348 e. The van der Waals surface area contributed by atoms with Gasteiger partial charge < -0.3 is 10.4 Å². The van der Waals surface area contributed by atoms with Gasteiger partial charge in [0, 0.05) is 21.0 Å². The fourth-order valence-corrected chi connectivity index (χ4v) is 4.16. The first kappa shape index (κ1) is 22.6. The van der Waals surface area contributed by atoms with Crippen molar-refractivity contribution in [3.8, 4) is 11.3 Å². The zero-order valence-corrected chi connectivity index (χ0v) is 19.3. The summed E-state index contributed by atoms with van der Waals surface area (Å²) < 4.78 is 16.3. The molecule has 0 aliphatic heterocycles. The standard InChI is InChI=1S/C26H20BrFN2O3/c1-16-22(24(31)29-15-26(28,25(32)33)18-10-6-3-7-11-18)20-14-19(27)12-13-21(20)30-23(16)17-8-4-2-5-9-17/h2-14H,15H2,1H3,(H,29,31)(H,32,33). The highest BCUT2D eigenvalue weighted by atomic mass is 79.9. The van der Waals surface area contributed by atoms with Crippen molar-refractivity contribution in [2.45, 2.75) is 12.6 Å². The van der Waals surface area contributed by atoms with Crippen LogP contribution < -0.4 is 5.32 Å². The van der Waals surface area contributed by atoms with Crippen molar-refractivity contribution >= 4 is 38.7 Å². The van der Waals surface area contributed by atoms with Crippen LogP contribution in [0, 0.1) is 6.92 Å². The van der Waals surface area contributed by atoms with Gasteiger partial charge in [0.05, 0.1) is 23.3 Å². The molecule has 166 valence electrons. The number of alkyl halides is 1. The summed E-state index contributed by atoms with van der Waals surface area (Å²) in [5.41, 5.74) is 0.190. The summed E-state index contributed by atoms with van der Waals surface area (Å²) >= 11 is 3.43. The van der Waals surface area contributed by atoms with E-state index in [0.29, 0.717) is 27.7 Å². The Labute approximate surface area is 198 Å². The predicted octanol–water partition coefficient (Wildman–Crippen LogP) is 5.65. The van der Waals surface area contributed by atoms with E-state index in [9.17, 15) is 14.7 Å². The molecule has 4 rings (SSSR count). The first-order valence-corrected chi connectivity index (χ1v) is 11.0.